The highest BCUT2D eigenvalue weighted by Crippen LogP contribution is 2.22. The molecule has 0 saturated carbocycles. The second kappa shape index (κ2) is 5.36. The van der Waals surface area contributed by atoms with Crippen LogP contribution >= 0.6 is 15.9 Å². The van der Waals surface area contributed by atoms with Gasteiger partial charge >= 0.3 is 0 Å². The molecule has 1 aliphatic heterocycles. The highest BCUT2D eigenvalue weighted by atomic mass is 79.9. The van der Waals surface area contributed by atoms with E-state index in [9.17, 15) is 0 Å². The molecule has 0 spiro atoms. The van der Waals surface area contributed by atoms with E-state index in [1.807, 2.05) is 6.20 Å². The SMILES string of the molecule is Cc1cc(NC2CCN(C)C(C)C2)cnc1Br. The molecule has 4 heteroatoms. The molecular formula is C13H20BrN3. The van der Waals surface area contributed by atoms with Gasteiger partial charge in [0, 0.05) is 18.6 Å². The minimum Gasteiger partial charge on any atom is -0.381 e. The van der Waals surface area contributed by atoms with Gasteiger partial charge in [-0.3, -0.25) is 0 Å². The van der Waals surface area contributed by atoms with Crippen LogP contribution in [0, 0.1) is 6.92 Å². The summed E-state index contributed by atoms with van der Waals surface area (Å²) >= 11 is 3.43. The topological polar surface area (TPSA) is 28.2 Å². The first-order valence-electron chi connectivity index (χ1n) is 6.15. The lowest BCUT2D eigenvalue weighted by molar-refractivity contribution is 0.190. The lowest BCUT2D eigenvalue weighted by Gasteiger charge is -2.35. The van der Waals surface area contributed by atoms with Gasteiger partial charge in [0.05, 0.1) is 11.9 Å². The molecule has 17 heavy (non-hydrogen) atoms. The van der Waals surface area contributed by atoms with E-state index in [4.69, 9.17) is 0 Å². The molecule has 1 fully saturated rings. The zero-order valence-corrected chi connectivity index (χ0v) is 12.3. The van der Waals surface area contributed by atoms with Crippen LogP contribution in [0.3, 0.4) is 0 Å². The highest BCUT2D eigenvalue weighted by Gasteiger charge is 2.22. The number of anilines is 1. The Morgan fingerprint density at radius 2 is 2.29 bits per heavy atom. The molecule has 0 aromatic carbocycles. The molecule has 2 unspecified atom stereocenters. The number of pyridine rings is 1. The Balaban J connectivity index is 1.99. The number of piperidine rings is 1. The molecule has 0 amide bonds. The van der Waals surface area contributed by atoms with Crippen LogP contribution in [0.25, 0.3) is 0 Å². The fourth-order valence-electron chi connectivity index (χ4n) is 2.29. The molecule has 2 atom stereocenters. The van der Waals surface area contributed by atoms with Gasteiger partial charge in [-0.1, -0.05) is 0 Å². The summed E-state index contributed by atoms with van der Waals surface area (Å²) in [5, 5.41) is 3.59. The summed E-state index contributed by atoms with van der Waals surface area (Å²) in [6.07, 6.45) is 4.31. The van der Waals surface area contributed by atoms with Crippen molar-refractivity contribution in [1.29, 1.82) is 0 Å². The molecule has 0 bridgehead atoms. The summed E-state index contributed by atoms with van der Waals surface area (Å²) in [6.45, 7) is 5.53. The third kappa shape index (κ3) is 3.19. The van der Waals surface area contributed by atoms with Crippen LogP contribution in [-0.2, 0) is 0 Å². The summed E-state index contributed by atoms with van der Waals surface area (Å²) < 4.78 is 0.930. The van der Waals surface area contributed by atoms with Crippen LogP contribution in [0.1, 0.15) is 25.3 Å². The summed E-state index contributed by atoms with van der Waals surface area (Å²) in [7, 11) is 2.20. The van der Waals surface area contributed by atoms with Crippen molar-refractivity contribution in [2.75, 3.05) is 18.9 Å². The largest absolute Gasteiger partial charge is 0.381 e. The fraction of sp³-hybridized carbons (Fsp3) is 0.615. The third-order valence-corrected chi connectivity index (χ3v) is 4.42. The molecule has 0 aliphatic carbocycles. The van der Waals surface area contributed by atoms with Gasteiger partial charge in [-0.25, -0.2) is 4.98 Å². The first kappa shape index (κ1) is 12.8. The van der Waals surface area contributed by atoms with Gasteiger partial charge in [0.1, 0.15) is 4.60 Å². The molecule has 2 rings (SSSR count). The van der Waals surface area contributed by atoms with Crippen molar-refractivity contribution in [2.45, 2.75) is 38.8 Å². The van der Waals surface area contributed by atoms with Crippen molar-refractivity contribution in [3.8, 4) is 0 Å². The van der Waals surface area contributed by atoms with Gasteiger partial charge in [0.25, 0.3) is 0 Å². The summed E-state index contributed by atoms with van der Waals surface area (Å²) in [6, 6.07) is 3.38. The Morgan fingerprint density at radius 3 is 2.94 bits per heavy atom. The van der Waals surface area contributed by atoms with E-state index >= 15 is 0 Å². The zero-order valence-electron chi connectivity index (χ0n) is 10.7. The molecular weight excluding hydrogens is 278 g/mol. The Kier molecular flexibility index (Phi) is 4.05. The number of rotatable bonds is 2. The molecule has 3 nitrogen and oxygen atoms in total. The van der Waals surface area contributed by atoms with Gasteiger partial charge in [0.15, 0.2) is 0 Å². The number of halogens is 1. The van der Waals surface area contributed by atoms with Crippen molar-refractivity contribution in [3.63, 3.8) is 0 Å². The molecule has 1 aliphatic rings. The Bertz CT molecular complexity index is 394. The predicted molar refractivity (Wildman–Crippen MR) is 75.4 cm³/mol. The van der Waals surface area contributed by atoms with Gasteiger partial charge in [-0.2, -0.15) is 0 Å². The third-order valence-electron chi connectivity index (χ3n) is 3.59. The molecule has 0 radical (unpaired) electrons. The van der Waals surface area contributed by atoms with Gasteiger partial charge in [-0.05, 0) is 61.3 Å². The molecule has 1 aromatic rings. The summed E-state index contributed by atoms with van der Waals surface area (Å²) in [5.74, 6) is 0. The minimum atomic E-state index is 0.573. The van der Waals surface area contributed by atoms with E-state index < -0.39 is 0 Å². The van der Waals surface area contributed by atoms with E-state index in [-0.39, 0.29) is 0 Å². The lowest BCUT2D eigenvalue weighted by atomic mass is 9.99. The van der Waals surface area contributed by atoms with Crippen molar-refractivity contribution < 1.29 is 0 Å². The monoisotopic (exact) mass is 297 g/mol. The molecule has 94 valence electrons. The van der Waals surface area contributed by atoms with Crippen LogP contribution in [0.5, 0.6) is 0 Å². The van der Waals surface area contributed by atoms with Crippen molar-refractivity contribution >= 4 is 21.6 Å². The van der Waals surface area contributed by atoms with Crippen LogP contribution in [-0.4, -0.2) is 35.6 Å². The van der Waals surface area contributed by atoms with E-state index in [0.29, 0.717) is 12.1 Å². The van der Waals surface area contributed by atoms with Crippen molar-refractivity contribution in [2.24, 2.45) is 0 Å². The number of nitrogens with zero attached hydrogens (tertiary/aromatic N) is 2. The maximum absolute atomic E-state index is 4.32. The average Bonchev–Trinajstić information content (AvgIpc) is 2.29. The van der Waals surface area contributed by atoms with E-state index in [2.05, 4.69) is 58.1 Å². The number of likely N-dealkylation sites (tertiary alicyclic amines) is 1. The van der Waals surface area contributed by atoms with E-state index in [0.717, 1.165) is 10.3 Å². The fourth-order valence-corrected chi connectivity index (χ4v) is 2.51. The quantitative estimate of drug-likeness (QED) is 0.851. The smallest absolute Gasteiger partial charge is 0.109 e. The van der Waals surface area contributed by atoms with E-state index in [1.165, 1.54) is 24.9 Å². The second-order valence-corrected chi connectivity index (χ2v) is 5.78. The Hall–Kier alpha value is -0.610. The maximum Gasteiger partial charge on any atom is 0.109 e. The highest BCUT2D eigenvalue weighted by molar-refractivity contribution is 9.10. The van der Waals surface area contributed by atoms with Crippen LogP contribution in [0.2, 0.25) is 0 Å². The first-order valence-corrected chi connectivity index (χ1v) is 6.94. The number of hydrogen-bond acceptors (Lipinski definition) is 3. The van der Waals surface area contributed by atoms with Crippen molar-refractivity contribution in [1.82, 2.24) is 9.88 Å². The van der Waals surface area contributed by atoms with Gasteiger partial charge in [0.2, 0.25) is 0 Å². The van der Waals surface area contributed by atoms with Crippen LogP contribution in [0.4, 0.5) is 5.69 Å². The molecule has 1 N–H and O–H groups in total. The molecule has 1 saturated heterocycles. The number of hydrogen-bond donors (Lipinski definition) is 1. The Labute approximate surface area is 112 Å². The number of aryl methyl sites for hydroxylation is 1. The van der Waals surface area contributed by atoms with Crippen molar-refractivity contribution in [3.05, 3.63) is 22.4 Å². The summed E-state index contributed by atoms with van der Waals surface area (Å²) in [5.41, 5.74) is 2.31. The molecule has 1 aromatic heterocycles. The van der Waals surface area contributed by atoms with Gasteiger partial charge in [-0.15, -0.1) is 0 Å². The standard InChI is InChI=1S/C13H20BrN3/c1-9-6-12(8-15-13(9)14)16-11-4-5-17(3)10(2)7-11/h6,8,10-11,16H,4-5,7H2,1-3H3. The Morgan fingerprint density at radius 1 is 1.53 bits per heavy atom. The number of nitrogens with one attached hydrogen (secondary N) is 1. The molecule has 2 heterocycles. The maximum atomic E-state index is 4.32. The average molecular weight is 298 g/mol. The predicted octanol–water partition coefficient (Wildman–Crippen LogP) is 3.05. The van der Waals surface area contributed by atoms with Crippen LogP contribution < -0.4 is 5.32 Å². The minimum absolute atomic E-state index is 0.573. The first-order chi connectivity index (χ1) is 8.06. The zero-order chi connectivity index (χ0) is 12.4. The lowest BCUT2D eigenvalue weighted by Crippen LogP contribution is -2.42. The normalized spacial score (nSPS) is 25.9. The number of aromatic nitrogens is 1. The van der Waals surface area contributed by atoms with E-state index in [1.54, 1.807) is 0 Å². The van der Waals surface area contributed by atoms with Crippen LogP contribution in [0.15, 0.2) is 16.9 Å². The van der Waals surface area contributed by atoms with Gasteiger partial charge < -0.3 is 10.2 Å². The summed E-state index contributed by atoms with van der Waals surface area (Å²) in [4.78, 5) is 6.74. The second-order valence-electron chi connectivity index (χ2n) is 5.03.